The van der Waals surface area contributed by atoms with E-state index in [1.807, 2.05) is 18.8 Å². The minimum Gasteiger partial charge on any atom is -0.356 e. The summed E-state index contributed by atoms with van der Waals surface area (Å²) in [5.41, 5.74) is 0. The van der Waals surface area contributed by atoms with Gasteiger partial charge in [0.2, 0.25) is 0 Å². The molecule has 0 atom stereocenters. The second-order valence-corrected chi connectivity index (χ2v) is 6.53. The molecule has 0 aromatic heterocycles. The average molecular weight is 428 g/mol. The molecule has 0 heterocycles. The summed E-state index contributed by atoms with van der Waals surface area (Å²) >= 11 is 1.85. The van der Waals surface area contributed by atoms with Crippen LogP contribution in [-0.4, -0.2) is 62.6 Å². The van der Waals surface area contributed by atoms with Crippen LogP contribution in [0.3, 0.4) is 0 Å². The highest BCUT2D eigenvalue weighted by Crippen LogP contribution is 2.21. The van der Waals surface area contributed by atoms with Crippen molar-refractivity contribution in [1.82, 2.24) is 15.5 Å². The Morgan fingerprint density at radius 2 is 1.86 bits per heavy atom. The number of thioether (sulfide) groups is 1. The van der Waals surface area contributed by atoms with Crippen molar-refractivity contribution in [2.45, 2.75) is 44.6 Å². The lowest BCUT2D eigenvalue weighted by molar-refractivity contribution is 0.190. The first-order valence-electron chi connectivity index (χ1n) is 7.91. The van der Waals surface area contributed by atoms with E-state index in [9.17, 15) is 0 Å². The number of aliphatic imine (C=N–C) groups is 1. The zero-order chi connectivity index (χ0) is 14.6. The molecule has 0 saturated heterocycles. The number of nitrogens with zero attached hydrogens (tertiary/aromatic N) is 2. The largest absolute Gasteiger partial charge is 0.356 e. The van der Waals surface area contributed by atoms with Crippen molar-refractivity contribution in [3.05, 3.63) is 0 Å². The number of nitrogens with one attached hydrogen (secondary N) is 2. The fourth-order valence-corrected chi connectivity index (χ4v) is 3.04. The maximum Gasteiger partial charge on any atom is 0.191 e. The summed E-state index contributed by atoms with van der Waals surface area (Å²) in [7, 11) is 4.12. The first-order chi connectivity index (χ1) is 9.77. The molecule has 1 rings (SSSR count). The SMILES string of the molecule is CN=C(NCCCN(C)C1CCCCC1)NCCSC.I. The lowest BCUT2D eigenvalue weighted by Gasteiger charge is -2.31. The van der Waals surface area contributed by atoms with Gasteiger partial charge in [0.05, 0.1) is 0 Å². The number of hydrogen-bond acceptors (Lipinski definition) is 3. The third kappa shape index (κ3) is 9.84. The van der Waals surface area contributed by atoms with Gasteiger partial charge in [-0.25, -0.2) is 0 Å². The van der Waals surface area contributed by atoms with E-state index in [1.54, 1.807) is 0 Å². The molecule has 0 amide bonds. The topological polar surface area (TPSA) is 39.7 Å². The monoisotopic (exact) mass is 428 g/mol. The molecule has 21 heavy (non-hydrogen) atoms. The molecule has 0 bridgehead atoms. The molecule has 126 valence electrons. The third-order valence-electron chi connectivity index (χ3n) is 4.00. The second-order valence-electron chi connectivity index (χ2n) is 5.54. The Hall–Kier alpha value is 0.310. The summed E-state index contributed by atoms with van der Waals surface area (Å²) in [5.74, 6) is 2.05. The molecule has 4 nitrogen and oxygen atoms in total. The Balaban J connectivity index is 0.00000400. The van der Waals surface area contributed by atoms with Gasteiger partial charge in [0.25, 0.3) is 0 Å². The molecular weight excluding hydrogens is 395 g/mol. The van der Waals surface area contributed by atoms with Gasteiger partial charge in [0.15, 0.2) is 5.96 Å². The fraction of sp³-hybridized carbons (Fsp3) is 0.933. The quantitative estimate of drug-likeness (QED) is 0.270. The zero-order valence-corrected chi connectivity index (χ0v) is 17.0. The molecule has 0 unspecified atom stereocenters. The van der Waals surface area contributed by atoms with Crippen LogP contribution in [0.2, 0.25) is 0 Å². The molecule has 2 N–H and O–H groups in total. The van der Waals surface area contributed by atoms with Crippen molar-refractivity contribution in [3.63, 3.8) is 0 Å². The molecule has 1 saturated carbocycles. The molecule has 0 aliphatic heterocycles. The van der Waals surface area contributed by atoms with E-state index in [4.69, 9.17) is 0 Å². The van der Waals surface area contributed by atoms with E-state index >= 15 is 0 Å². The van der Waals surface area contributed by atoms with Crippen molar-refractivity contribution in [2.24, 2.45) is 4.99 Å². The third-order valence-corrected chi connectivity index (χ3v) is 4.61. The minimum absolute atomic E-state index is 0. The summed E-state index contributed by atoms with van der Waals surface area (Å²) in [6, 6.07) is 0.822. The van der Waals surface area contributed by atoms with E-state index in [2.05, 4.69) is 33.8 Å². The second kappa shape index (κ2) is 13.9. The van der Waals surface area contributed by atoms with Gasteiger partial charge in [0.1, 0.15) is 0 Å². The van der Waals surface area contributed by atoms with Crippen LogP contribution in [-0.2, 0) is 0 Å². The molecule has 0 radical (unpaired) electrons. The highest BCUT2D eigenvalue weighted by Gasteiger charge is 2.17. The number of hydrogen-bond donors (Lipinski definition) is 2. The van der Waals surface area contributed by atoms with Gasteiger partial charge in [-0.1, -0.05) is 19.3 Å². The van der Waals surface area contributed by atoms with Gasteiger partial charge < -0.3 is 15.5 Å². The Bertz CT molecular complexity index is 270. The highest BCUT2D eigenvalue weighted by atomic mass is 127. The first kappa shape index (κ1) is 21.3. The van der Waals surface area contributed by atoms with E-state index in [1.165, 1.54) is 45.1 Å². The lowest BCUT2D eigenvalue weighted by atomic mass is 9.94. The molecule has 1 fully saturated rings. The molecule has 0 spiro atoms. The van der Waals surface area contributed by atoms with Crippen molar-refractivity contribution < 1.29 is 0 Å². The van der Waals surface area contributed by atoms with Crippen molar-refractivity contribution in [1.29, 1.82) is 0 Å². The normalized spacial score (nSPS) is 16.7. The Labute approximate surface area is 152 Å². The molecule has 6 heteroatoms. The van der Waals surface area contributed by atoms with Crippen LogP contribution in [0.15, 0.2) is 4.99 Å². The van der Waals surface area contributed by atoms with Gasteiger partial charge in [0, 0.05) is 31.9 Å². The van der Waals surface area contributed by atoms with Crippen LogP contribution in [0.5, 0.6) is 0 Å². The van der Waals surface area contributed by atoms with E-state index in [-0.39, 0.29) is 24.0 Å². The average Bonchev–Trinajstić information content (AvgIpc) is 2.50. The van der Waals surface area contributed by atoms with Crippen molar-refractivity contribution >= 4 is 41.7 Å². The lowest BCUT2D eigenvalue weighted by Crippen LogP contribution is -2.40. The predicted octanol–water partition coefficient (Wildman–Crippen LogP) is 2.79. The standard InChI is InChI=1S/C15H32N4S.HI/c1-16-15(18-11-13-20-3)17-10-7-12-19(2)14-8-5-4-6-9-14;/h14H,4-13H2,1-3H3,(H2,16,17,18);1H. The van der Waals surface area contributed by atoms with E-state index < -0.39 is 0 Å². The summed E-state index contributed by atoms with van der Waals surface area (Å²) in [5, 5.41) is 6.72. The van der Waals surface area contributed by atoms with Crippen LogP contribution in [0, 0.1) is 0 Å². The number of guanidine groups is 1. The Kier molecular flexibility index (Phi) is 14.1. The molecule has 1 aliphatic carbocycles. The summed E-state index contributed by atoms with van der Waals surface area (Å²) in [6.07, 6.45) is 10.3. The Morgan fingerprint density at radius 3 is 2.48 bits per heavy atom. The smallest absolute Gasteiger partial charge is 0.191 e. The van der Waals surface area contributed by atoms with Crippen molar-refractivity contribution in [2.75, 3.05) is 45.7 Å². The summed E-state index contributed by atoms with van der Waals surface area (Å²) in [4.78, 5) is 6.78. The predicted molar refractivity (Wildman–Crippen MR) is 107 cm³/mol. The first-order valence-corrected chi connectivity index (χ1v) is 9.31. The van der Waals surface area contributed by atoms with Crippen LogP contribution in [0.4, 0.5) is 0 Å². The van der Waals surface area contributed by atoms with Crippen LogP contribution in [0.1, 0.15) is 38.5 Å². The van der Waals surface area contributed by atoms with E-state index in [0.29, 0.717) is 0 Å². The maximum absolute atomic E-state index is 4.24. The summed E-state index contributed by atoms with van der Waals surface area (Å²) < 4.78 is 0. The fourth-order valence-electron chi connectivity index (χ4n) is 2.73. The number of halogens is 1. The molecule has 0 aromatic carbocycles. The minimum atomic E-state index is 0. The molecular formula is C15H33IN4S. The van der Waals surface area contributed by atoms with Crippen LogP contribution < -0.4 is 10.6 Å². The van der Waals surface area contributed by atoms with E-state index in [0.717, 1.165) is 30.8 Å². The number of rotatable bonds is 8. The highest BCUT2D eigenvalue weighted by molar-refractivity contribution is 14.0. The van der Waals surface area contributed by atoms with Gasteiger partial charge >= 0.3 is 0 Å². The maximum atomic E-state index is 4.24. The van der Waals surface area contributed by atoms with Crippen LogP contribution >= 0.6 is 35.7 Å². The van der Waals surface area contributed by atoms with Crippen molar-refractivity contribution in [3.8, 4) is 0 Å². The van der Waals surface area contributed by atoms with Gasteiger partial charge in [-0.3, -0.25) is 4.99 Å². The zero-order valence-electron chi connectivity index (χ0n) is 13.9. The summed E-state index contributed by atoms with van der Waals surface area (Å²) in [6.45, 7) is 3.15. The Morgan fingerprint density at radius 1 is 1.19 bits per heavy atom. The van der Waals surface area contributed by atoms with Gasteiger partial charge in [-0.15, -0.1) is 24.0 Å². The van der Waals surface area contributed by atoms with Gasteiger partial charge in [-0.05, 0) is 39.1 Å². The van der Waals surface area contributed by atoms with Gasteiger partial charge in [-0.2, -0.15) is 11.8 Å². The molecule has 0 aromatic rings. The molecule has 1 aliphatic rings. The van der Waals surface area contributed by atoms with Crippen LogP contribution in [0.25, 0.3) is 0 Å².